The molecule has 1 aromatic rings. The van der Waals surface area contributed by atoms with Crippen molar-refractivity contribution in [1.82, 2.24) is 4.90 Å². The number of hydrogen-bond donors (Lipinski definition) is 1. The summed E-state index contributed by atoms with van der Waals surface area (Å²) in [6.45, 7) is 0.379. The van der Waals surface area contributed by atoms with Crippen LogP contribution >= 0.6 is 34.8 Å². The van der Waals surface area contributed by atoms with Crippen LogP contribution in [0.3, 0.4) is 0 Å². The summed E-state index contributed by atoms with van der Waals surface area (Å²) in [5.74, 6) is 0.0460. The fourth-order valence-corrected chi connectivity index (χ4v) is 3.30. The Kier molecular flexibility index (Phi) is 5.15. The van der Waals surface area contributed by atoms with E-state index in [1.54, 1.807) is 0 Å². The van der Waals surface area contributed by atoms with Crippen molar-refractivity contribution in [2.75, 3.05) is 6.54 Å². The third-order valence-corrected chi connectivity index (χ3v) is 4.53. The molecule has 2 rings (SSSR count). The first kappa shape index (κ1) is 14.7. The zero-order valence-corrected chi connectivity index (χ0v) is 13.6. The van der Waals surface area contributed by atoms with Crippen LogP contribution in [0.4, 0.5) is 0 Å². The number of carbonyl (C=O) groups excluding carboxylic acids is 1. The third-order valence-electron chi connectivity index (χ3n) is 3.46. The average molecular weight is 388 g/mol. The molecule has 0 saturated heterocycles. The predicted octanol–water partition coefficient (Wildman–Crippen LogP) is 2.96. The van der Waals surface area contributed by atoms with Crippen LogP contribution in [0.2, 0.25) is 0 Å². The van der Waals surface area contributed by atoms with Gasteiger partial charge < -0.3 is 10.6 Å². The summed E-state index contributed by atoms with van der Waals surface area (Å²) in [6, 6.07) is 7.92. The van der Waals surface area contributed by atoms with Gasteiger partial charge in [0.15, 0.2) is 0 Å². The van der Waals surface area contributed by atoms with Crippen LogP contribution in [0.1, 0.15) is 36.0 Å². The summed E-state index contributed by atoms with van der Waals surface area (Å²) < 4.78 is 0.969. The van der Waals surface area contributed by atoms with Crippen molar-refractivity contribution in [1.29, 1.82) is 0 Å². The summed E-state index contributed by atoms with van der Waals surface area (Å²) >= 11 is 7.19. The summed E-state index contributed by atoms with van der Waals surface area (Å²) in [5, 5.41) is 0. The lowest BCUT2D eigenvalue weighted by Crippen LogP contribution is -2.43. The van der Waals surface area contributed by atoms with Crippen molar-refractivity contribution in [3.8, 4) is 0 Å². The Balaban J connectivity index is 2.24. The van der Waals surface area contributed by atoms with E-state index in [0.717, 1.165) is 22.0 Å². The number of carbonyl (C=O) groups is 1. The van der Waals surface area contributed by atoms with Gasteiger partial charge in [0.25, 0.3) is 5.91 Å². The highest BCUT2D eigenvalue weighted by Gasteiger charge is 2.28. The summed E-state index contributed by atoms with van der Waals surface area (Å²) in [7, 11) is 0. The first-order chi connectivity index (χ1) is 9.09. The Morgan fingerprint density at radius 3 is 2.58 bits per heavy atom. The highest BCUT2D eigenvalue weighted by Crippen LogP contribution is 2.25. The van der Waals surface area contributed by atoms with E-state index in [4.69, 9.17) is 18.0 Å². The molecule has 3 nitrogen and oxygen atoms in total. The van der Waals surface area contributed by atoms with Gasteiger partial charge in [-0.25, -0.2) is 0 Å². The second-order valence-electron chi connectivity index (χ2n) is 4.82. The maximum absolute atomic E-state index is 12.7. The van der Waals surface area contributed by atoms with Gasteiger partial charge in [-0.2, -0.15) is 0 Å². The molecule has 19 heavy (non-hydrogen) atoms. The van der Waals surface area contributed by atoms with Crippen LogP contribution in [0.5, 0.6) is 0 Å². The van der Waals surface area contributed by atoms with Crippen molar-refractivity contribution in [2.24, 2.45) is 5.73 Å². The highest BCUT2D eigenvalue weighted by molar-refractivity contribution is 14.1. The second kappa shape index (κ2) is 6.65. The molecule has 0 aliphatic heterocycles. The van der Waals surface area contributed by atoms with E-state index in [0.29, 0.717) is 11.5 Å². The molecule has 0 unspecified atom stereocenters. The van der Waals surface area contributed by atoms with Gasteiger partial charge in [0, 0.05) is 9.61 Å². The zero-order valence-electron chi connectivity index (χ0n) is 10.6. The SMILES string of the molecule is NC(=S)CN(C(=O)c1ccccc1I)C1CCCC1. The van der Waals surface area contributed by atoms with Gasteiger partial charge in [-0.15, -0.1) is 0 Å². The Morgan fingerprint density at radius 1 is 1.37 bits per heavy atom. The molecule has 0 aromatic heterocycles. The monoisotopic (exact) mass is 388 g/mol. The molecule has 102 valence electrons. The lowest BCUT2D eigenvalue weighted by atomic mass is 10.1. The predicted molar refractivity (Wildman–Crippen MR) is 89.2 cm³/mol. The molecule has 0 heterocycles. The number of thiocarbonyl (C=S) groups is 1. The Morgan fingerprint density at radius 2 is 2.00 bits per heavy atom. The molecule has 0 bridgehead atoms. The topological polar surface area (TPSA) is 46.3 Å². The molecule has 1 aromatic carbocycles. The van der Waals surface area contributed by atoms with E-state index in [1.807, 2.05) is 29.2 Å². The fraction of sp³-hybridized carbons (Fsp3) is 0.429. The number of rotatable bonds is 4. The van der Waals surface area contributed by atoms with Crippen molar-refractivity contribution < 1.29 is 4.79 Å². The van der Waals surface area contributed by atoms with E-state index in [9.17, 15) is 4.79 Å². The van der Waals surface area contributed by atoms with Gasteiger partial charge in [-0.3, -0.25) is 4.79 Å². The van der Waals surface area contributed by atoms with Crippen LogP contribution < -0.4 is 5.73 Å². The van der Waals surface area contributed by atoms with Gasteiger partial charge in [-0.05, 0) is 47.6 Å². The van der Waals surface area contributed by atoms with Gasteiger partial charge in [0.1, 0.15) is 0 Å². The first-order valence-corrected chi connectivity index (χ1v) is 7.92. The minimum atomic E-state index is 0.0460. The number of nitrogens with two attached hydrogens (primary N) is 1. The van der Waals surface area contributed by atoms with Crippen LogP contribution in [-0.2, 0) is 0 Å². The second-order valence-corrected chi connectivity index (χ2v) is 6.50. The van der Waals surface area contributed by atoms with Crippen LogP contribution in [0.15, 0.2) is 24.3 Å². The number of halogens is 1. The minimum Gasteiger partial charge on any atom is -0.392 e. The van der Waals surface area contributed by atoms with Crippen LogP contribution in [-0.4, -0.2) is 28.4 Å². The Bertz CT molecular complexity index is 486. The number of benzene rings is 1. The largest absolute Gasteiger partial charge is 0.392 e. The molecule has 1 aliphatic rings. The number of amides is 1. The summed E-state index contributed by atoms with van der Waals surface area (Å²) in [6.07, 6.45) is 4.46. The van der Waals surface area contributed by atoms with E-state index in [2.05, 4.69) is 22.6 Å². The van der Waals surface area contributed by atoms with Gasteiger partial charge in [0.2, 0.25) is 0 Å². The maximum Gasteiger partial charge on any atom is 0.255 e. The van der Waals surface area contributed by atoms with Crippen molar-refractivity contribution in [2.45, 2.75) is 31.7 Å². The van der Waals surface area contributed by atoms with Gasteiger partial charge in [0.05, 0.1) is 17.1 Å². The van der Waals surface area contributed by atoms with E-state index in [1.165, 1.54) is 12.8 Å². The van der Waals surface area contributed by atoms with E-state index < -0.39 is 0 Å². The number of nitrogens with zero attached hydrogens (tertiary/aromatic N) is 1. The van der Waals surface area contributed by atoms with E-state index in [-0.39, 0.29) is 11.9 Å². The quantitative estimate of drug-likeness (QED) is 0.637. The molecule has 2 N–H and O–H groups in total. The first-order valence-electron chi connectivity index (χ1n) is 6.43. The maximum atomic E-state index is 12.7. The standard InChI is InChI=1S/C14H17IN2OS/c15-12-8-4-3-7-11(12)14(18)17(9-13(16)19)10-5-1-2-6-10/h3-4,7-8,10H,1-2,5-6,9H2,(H2,16,19). The van der Waals surface area contributed by atoms with Crippen LogP contribution in [0, 0.1) is 3.57 Å². The van der Waals surface area contributed by atoms with Crippen molar-refractivity contribution in [3.05, 3.63) is 33.4 Å². The van der Waals surface area contributed by atoms with Gasteiger partial charge >= 0.3 is 0 Å². The molecular weight excluding hydrogens is 371 g/mol. The summed E-state index contributed by atoms with van der Waals surface area (Å²) in [5.41, 5.74) is 6.39. The summed E-state index contributed by atoms with van der Waals surface area (Å²) in [4.78, 5) is 14.9. The normalized spacial score (nSPS) is 15.4. The average Bonchev–Trinajstić information content (AvgIpc) is 2.89. The van der Waals surface area contributed by atoms with Crippen molar-refractivity contribution >= 4 is 45.7 Å². The lowest BCUT2D eigenvalue weighted by Gasteiger charge is -2.29. The molecule has 5 heteroatoms. The fourth-order valence-electron chi connectivity index (χ4n) is 2.54. The van der Waals surface area contributed by atoms with Gasteiger partial charge in [-0.1, -0.05) is 37.2 Å². The lowest BCUT2D eigenvalue weighted by molar-refractivity contribution is 0.0713. The molecular formula is C14H17IN2OS. The molecule has 1 aliphatic carbocycles. The Hall–Kier alpha value is -0.690. The Labute approximate surface area is 132 Å². The molecule has 0 spiro atoms. The van der Waals surface area contributed by atoms with E-state index >= 15 is 0 Å². The van der Waals surface area contributed by atoms with Crippen LogP contribution in [0.25, 0.3) is 0 Å². The number of hydrogen-bond acceptors (Lipinski definition) is 2. The minimum absolute atomic E-state index is 0.0460. The smallest absolute Gasteiger partial charge is 0.255 e. The zero-order chi connectivity index (χ0) is 13.8. The highest BCUT2D eigenvalue weighted by atomic mass is 127. The molecule has 1 saturated carbocycles. The van der Waals surface area contributed by atoms with Crippen molar-refractivity contribution in [3.63, 3.8) is 0 Å². The molecule has 1 fully saturated rings. The molecule has 1 amide bonds. The molecule has 0 radical (unpaired) electrons. The molecule has 0 atom stereocenters. The third kappa shape index (κ3) is 3.66.